The number of aryl methyl sites for hydroxylation is 1. The second kappa shape index (κ2) is 8.35. The molecule has 0 saturated carbocycles. The minimum atomic E-state index is -0.378. The summed E-state index contributed by atoms with van der Waals surface area (Å²) in [5.41, 5.74) is 7.75. The van der Waals surface area contributed by atoms with E-state index in [2.05, 4.69) is 24.5 Å². The molecular weight excluding hydrogens is 328 g/mol. The van der Waals surface area contributed by atoms with Crippen molar-refractivity contribution in [3.05, 3.63) is 29.8 Å². The van der Waals surface area contributed by atoms with E-state index < -0.39 is 0 Å². The first-order valence-electron chi connectivity index (χ1n) is 7.93. The normalized spacial score (nSPS) is 19.2. The average molecular weight is 355 g/mol. The fourth-order valence-electron chi connectivity index (χ4n) is 2.75. The maximum Gasteiger partial charge on any atom is 0.319 e. The van der Waals surface area contributed by atoms with E-state index in [0.29, 0.717) is 18.8 Å². The minimum Gasteiger partial charge on any atom is -0.341 e. The van der Waals surface area contributed by atoms with Gasteiger partial charge in [-0.15, -0.1) is 12.4 Å². The summed E-state index contributed by atoms with van der Waals surface area (Å²) >= 11 is 0. The predicted molar refractivity (Wildman–Crippen MR) is 98.4 cm³/mol. The Balaban J connectivity index is 0.00000288. The third-order valence-corrected chi connectivity index (χ3v) is 4.34. The summed E-state index contributed by atoms with van der Waals surface area (Å²) in [7, 11) is 0. The summed E-state index contributed by atoms with van der Waals surface area (Å²) < 4.78 is 0. The van der Waals surface area contributed by atoms with Crippen molar-refractivity contribution < 1.29 is 9.59 Å². The maximum atomic E-state index is 12.2. The number of urea groups is 1. The topological polar surface area (TPSA) is 87.5 Å². The number of benzene rings is 1. The lowest BCUT2D eigenvalue weighted by atomic mass is 9.80. The minimum absolute atomic E-state index is 0. The highest BCUT2D eigenvalue weighted by atomic mass is 35.5. The van der Waals surface area contributed by atoms with Gasteiger partial charge in [0.05, 0.1) is 6.54 Å². The largest absolute Gasteiger partial charge is 0.341 e. The number of nitrogens with one attached hydrogen (secondary N) is 2. The molecule has 24 heavy (non-hydrogen) atoms. The Morgan fingerprint density at radius 3 is 2.71 bits per heavy atom. The smallest absolute Gasteiger partial charge is 0.319 e. The van der Waals surface area contributed by atoms with E-state index in [9.17, 15) is 9.59 Å². The second-order valence-corrected chi connectivity index (χ2v) is 6.88. The van der Waals surface area contributed by atoms with E-state index >= 15 is 0 Å². The number of amides is 3. The van der Waals surface area contributed by atoms with Crippen molar-refractivity contribution in [1.82, 2.24) is 10.2 Å². The number of likely N-dealkylation sites (tertiary alicyclic amines) is 1. The van der Waals surface area contributed by atoms with Crippen LogP contribution in [-0.4, -0.2) is 42.5 Å². The Morgan fingerprint density at radius 1 is 1.38 bits per heavy atom. The van der Waals surface area contributed by atoms with Crippen LogP contribution < -0.4 is 16.4 Å². The van der Waals surface area contributed by atoms with Crippen LogP contribution in [0.2, 0.25) is 0 Å². The molecule has 1 aliphatic rings. The third-order valence-electron chi connectivity index (χ3n) is 4.34. The molecule has 3 amide bonds. The first-order valence-corrected chi connectivity index (χ1v) is 7.93. The highest BCUT2D eigenvalue weighted by molar-refractivity contribution is 5.92. The Labute approximate surface area is 149 Å². The molecule has 4 N–H and O–H groups in total. The first kappa shape index (κ1) is 20.3. The van der Waals surface area contributed by atoms with Gasteiger partial charge >= 0.3 is 6.03 Å². The quantitative estimate of drug-likeness (QED) is 0.777. The summed E-state index contributed by atoms with van der Waals surface area (Å²) in [5, 5.41) is 5.34. The molecule has 1 heterocycles. The van der Waals surface area contributed by atoms with E-state index in [1.807, 2.05) is 31.2 Å². The highest BCUT2D eigenvalue weighted by Gasteiger charge is 2.35. The van der Waals surface area contributed by atoms with Crippen LogP contribution in [0.1, 0.15) is 25.8 Å². The first-order chi connectivity index (χ1) is 10.8. The number of hydrogen-bond acceptors (Lipinski definition) is 3. The van der Waals surface area contributed by atoms with Gasteiger partial charge in [0.1, 0.15) is 0 Å². The molecule has 1 aromatic carbocycles. The van der Waals surface area contributed by atoms with Gasteiger partial charge in [0.25, 0.3) is 0 Å². The molecule has 1 aliphatic heterocycles. The average Bonchev–Trinajstić information content (AvgIpc) is 2.47. The molecule has 1 aromatic rings. The van der Waals surface area contributed by atoms with Gasteiger partial charge < -0.3 is 21.3 Å². The SMILES string of the molecule is Cc1cccc(NC(=O)NCC(=O)N2CCC(N)C(C)(C)C2)c1.Cl. The van der Waals surface area contributed by atoms with Crippen molar-refractivity contribution in [2.45, 2.75) is 33.2 Å². The number of hydrogen-bond donors (Lipinski definition) is 3. The molecule has 7 heteroatoms. The van der Waals surface area contributed by atoms with Crippen LogP contribution in [0.15, 0.2) is 24.3 Å². The van der Waals surface area contributed by atoms with Crippen LogP contribution in [0.5, 0.6) is 0 Å². The maximum absolute atomic E-state index is 12.2. The van der Waals surface area contributed by atoms with Crippen molar-refractivity contribution in [3.63, 3.8) is 0 Å². The summed E-state index contributed by atoms with van der Waals surface area (Å²) in [6.07, 6.45) is 0.786. The van der Waals surface area contributed by atoms with Crippen LogP contribution in [0.3, 0.4) is 0 Å². The van der Waals surface area contributed by atoms with Crippen molar-refractivity contribution in [3.8, 4) is 0 Å². The van der Waals surface area contributed by atoms with Crippen molar-refractivity contribution in [2.24, 2.45) is 11.1 Å². The van der Waals surface area contributed by atoms with Gasteiger partial charge in [-0.3, -0.25) is 4.79 Å². The number of carbonyl (C=O) groups is 2. The van der Waals surface area contributed by atoms with E-state index in [0.717, 1.165) is 12.0 Å². The van der Waals surface area contributed by atoms with Crippen LogP contribution >= 0.6 is 12.4 Å². The molecular formula is C17H27ClN4O2. The number of anilines is 1. The van der Waals surface area contributed by atoms with E-state index in [1.54, 1.807) is 4.90 Å². The van der Waals surface area contributed by atoms with Gasteiger partial charge in [0.15, 0.2) is 0 Å². The number of carbonyl (C=O) groups excluding carboxylic acids is 2. The zero-order valence-corrected chi connectivity index (χ0v) is 15.3. The van der Waals surface area contributed by atoms with Gasteiger partial charge in [-0.05, 0) is 36.5 Å². The molecule has 0 aromatic heterocycles. The molecule has 6 nitrogen and oxygen atoms in total. The van der Waals surface area contributed by atoms with Crippen LogP contribution in [-0.2, 0) is 4.79 Å². The van der Waals surface area contributed by atoms with Crippen LogP contribution in [0, 0.1) is 12.3 Å². The number of nitrogens with two attached hydrogens (primary N) is 1. The molecule has 1 fully saturated rings. The van der Waals surface area contributed by atoms with E-state index in [4.69, 9.17) is 5.73 Å². The van der Waals surface area contributed by atoms with Gasteiger partial charge in [0, 0.05) is 24.8 Å². The molecule has 1 atom stereocenters. The van der Waals surface area contributed by atoms with Crippen molar-refractivity contribution >= 4 is 30.0 Å². The molecule has 1 saturated heterocycles. The zero-order chi connectivity index (χ0) is 17.0. The third kappa shape index (κ3) is 5.39. The summed E-state index contributed by atoms with van der Waals surface area (Å²) in [6.45, 7) is 7.33. The monoisotopic (exact) mass is 354 g/mol. The van der Waals surface area contributed by atoms with Gasteiger partial charge in [-0.2, -0.15) is 0 Å². The van der Waals surface area contributed by atoms with Gasteiger partial charge in [-0.1, -0.05) is 26.0 Å². The lowest BCUT2D eigenvalue weighted by Gasteiger charge is -2.42. The highest BCUT2D eigenvalue weighted by Crippen LogP contribution is 2.27. The summed E-state index contributed by atoms with van der Waals surface area (Å²) in [4.78, 5) is 25.9. The Morgan fingerprint density at radius 2 is 2.08 bits per heavy atom. The fraction of sp³-hybridized carbons (Fsp3) is 0.529. The zero-order valence-electron chi connectivity index (χ0n) is 14.5. The van der Waals surface area contributed by atoms with E-state index in [-0.39, 0.29) is 42.3 Å². The van der Waals surface area contributed by atoms with Crippen molar-refractivity contribution in [1.29, 1.82) is 0 Å². The standard InChI is InChI=1S/C17H26N4O2.ClH/c1-12-5-4-6-13(9-12)20-16(23)19-10-15(22)21-8-7-14(18)17(2,3)11-21;/h4-6,9,14H,7-8,10-11,18H2,1-3H3,(H2,19,20,23);1H. The predicted octanol–water partition coefficient (Wildman–Crippen LogP) is 2.12. The molecule has 134 valence electrons. The molecule has 0 radical (unpaired) electrons. The van der Waals surface area contributed by atoms with E-state index in [1.165, 1.54) is 0 Å². The molecule has 2 rings (SSSR count). The lowest BCUT2D eigenvalue weighted by Crippen LogP contribution is -2.55. The molecule has 0 spiro atoms. The number of piperidine rings is 1. The summed E-state index contributed by atoms with van der Waals surface area (Å²) in [5.74, 6) is -0.0793. The Hall–Kier alpha value is -1.79. The van der Waals surface area contributed by atoms with Crippen LogP contribution in [0.25, 0.3) is 0 Å². The lowest BCUT2D eigenvalue weighted by molar-refractivity contribution is -0.133. The second-order valence-electron chi connectivity index (χ2n) is 6.88. The molecule has 0 aliphatic carbocycles. The molecule has 1 unspecified atom stereocenters. The van der Waals surface area contributed by atoms with Gasteiger partial charge in [-0.25, -0.2) is 4.79 Å². The summed E-state index contributed by atoms with van der Waals surface area (Å²) in [6, 6.07) is 7.23. The Kier molecular flexibility index (Phi) is 7.05. The van der Waals surface area contributed by atoms with Crippen molar-refractivity contribution in [2.75, 3.05) is 25.0 Å². The fourth-order valence-corrected chi connectivity index (χ4v) is 2.75. The van der Waals surface area contributed by atoms with Gasteiger partial charge in [0.2, 0.25) is 5.91 Å². The molecule has 0 bridgehead atoms. The number of rotatable bonds is 3. The van der Waals surface area contributed by atoms with Crippen LogP contribution in [0.4, 0.5) is 10.5 Å². The number of halogens is 1. The Bertz CT molecular complexity index is 592. The number of nitrogens with zero attached hydrogens (tertiary/aromatic N) is 1.